The fourth-order valence-electron chi connectivity index (χ4n) is 0.894. The molecule has 9 heavy (non-hydrogen) atoms. The summed E-state index contributed by atoms with van der Waals surface area (Å²) in [5.41, 5.74) is 5.57. The molecule has 1 aliphatic rings. The van der Waals surface area contributed by atoms with Gasteiger partial charge in [0.2, 0.25) is 0 Å². The SMILES string of the molecule is C[C@@H](N)C1=CCCCO1. The first kappa shape index (κ1) is 6.62. The fraction of sp³-hybridized carbons (Fsp3) is 0.714. The van der Waals surface area contributed by atoms with Crippen molar-refractivity contribution in [3.63, 3.8) is 0 Å². The van der Waals surface area contributed by atoms with Gasteiger partial charge in [-0.3, -0.25) is 0 Å². The molecule has 0 spiro atoms. The van der Waals surface area contributed by atoms with Gasteiger partial charge in [0.05, 0.1) is 12.6 Å². The first-order valence-corrected chi connectivity index (χ1v) is 3.39. The zero-order valence-electron chi connectivity index (χ0n) is 5.76. The van der Waals surface area contributed by atoms with E-state index >= 15 is 0 Å². The smallest absolute Gasteiger partial charge is 0.108 e. The summed E-state index contributed by atoms with van der Waals surface area (Å²) in [4.78, 5) is 0. The predicted molar refractivity (Wildman–Crippen MR) is 36.9 cm³/mol. The molecule has 0 aromatic carbocycles. The minimum Gasteiger partial charge on any atom is -0.497 e. The second kappa shape index (κ2) is 2.87. The highest BCUT2D eigenvalue weighted by Crippen LogP contribution is 2.11. The molecule has 0 bridgehead atoms. The first-order valence-electron chi connectivity index (χ1n) is 3.39. The molecule has 0 radical (unpaired) electrons. The van der Waals surface area contributed by atoms with E-state index in [4.69, 9.17) is 10.5 Å². The number of rotatable bonds is 1. The van der Waals surface area contributed by atoms with E-state index in [2.05, 4.69) is 6.08 Å². The van der Waals surface area contributed by atoms with Gasteiger partial charge in [0.1, 0.15) is 5.76 Å². The zero-order chi connectivity index (χ0) is 6.69. The quantitative estimate of drug-likeness (QED) is 0.571. The zero-order valence-corrected chi connectivity index (χ0v) is 5.76. The van der Waals surface area contributed by atoms with Crippen LogP contribution in [0.3, 0.4) is 0 Å². The number of hydrogen-bond donors (Lipinski definition) is 1. The Morgan fingerprint density at radius 1 is 1.78 bits per heavy atom. The molecule has 1 aliphatic heterocycles. The molecular formula is C7H13NO. The lowest BCUT2D eigenvalue weighted by molar-refractivity contribution is 0.178. The molecule has 0 aromatic heterocycles. The lowest BCUT2D eigenvalue weighted by Crippen LogP contribution is -2.21. The highest BCUT2D eigenvalue weighted by molar-refractivity contribution is 5.02. The van der Waals surface area contributed by atoms with Crippen LogP contribution in [0.4, 0.5) is 0 Å². The lowest BCUT2D eigenvalue weighted by atomic mass is 10.2. The van der Waals surface area contributed by atoms with Crippen molar-refractivity contribution in [3.8, 4) is 0 Å². The van der Waals surface area contributed by atoms with Crippen LogP contribution >= 0.6 is 0 Å². The molecule has 0 unspecified atom stereocenters. The largest absolute Gasteiger partial charge is 0.497 e. The maximum atomic E-state index is 5.57. The van der Waals surface area contributed by atoms with Gasteiger partial charge in [-0.2, -0.15) is 0 Å². The number of nitrogens with two attached hydrogens (primary N) is 1. The fourth-order valence-corrected chi connectivity index (χ4v) is 0.894. The third-order valence-electron chi connectivity index (χ3n) is 1.41. The van der Waals surface area contributed by atoms with E-state index in [0.29, 0.717) is 0 Å². The Morgan fingerprint density at radius 2 is 2.56 bits per heavy atom. The Labute approximate surface area is 55.7 Å². The van der Waals surface area contributed by atoms with Crippen LogP contribution in [0.25, 0.3) is 0 Å². The Bertz CT molecular complexity index is 118. The summed E-state index contributed by atoms with van der Waals surface area (Å²) >= 11 is 0. The summed E-state index contributed by atoms with van der Waals surface area (Å²) in [5.74, 6) is 0.959. The van der Waals surface area contributed by atoms with Gasteiger partial charge < -0.3 is 10.5 Å². The Kier molecular flexibility index (Phi) is 2.11. The molecule has 52 valence electrons. The topological polar surface area (TPSA) is 35.2 Å². The standard InChI is InChI=1S/C7H13NO/c1-6(8)7-4-2-3-5-9-7/h4,6H,2-3,5,8H2,1H3/t6-/m1/s1. The van der Waals surface area contributed by atoms with E-state index in [1.165, 1.54) is 0 Å². The van der Waals surface area contributed by atoms with E-state index in [9.17, 15) is 0 Å². The molecule has 2 N–H and O–H groups in total. The molecule has 0 saturated carbocycles. The third kappa shape index (κ3) is 1.72. The van der Waals surface area contributed by atoms with Crippen LogP contribution in [-0.2, 0) is 4.74 Å². The van der Waals surface area contributed by atoms with Crippen LogP contribution in [0.1, 0.15) is 19.8 Å². The maximum Gasteiger partial charge on any atom is 0.108 e. The van der Waals surface area contributed by atoms with Gasteiger partial charge in [0, 0.05) is 0 Å². The van der Waals surface area contributed by atoms with Gasteiger partial charge in [-0.15, -0.1) is 0 Å². The van der Waals surface area contributed by atoms with Crippen LogP contribution in [0.2, 0.25) is 0 Å². The molecule has 0 amide bonds. The highest BCUT2D eigenvalue weighted by atomic mass is 16.5. The summed E-state index contributed by atoms with van der Waals surface area (Å²) in [5, 5.41) is 0. The van der Waals surface area contributed by atoms with Crippen LogP contribution in [-0.4, -0.2) is 12.6 Å². The number of ether oxygens (including phenoxy) is 1. The Morgan fingerprint density at radius 3 is 2.89 bits per heavy atom. The molecule has 0 aromatic rings. The molecular weight excluding hydrogens is 114 g/mol. The van der Waals surface area contributed by atoms with Crippen molar-refractivity contribution < 1.29 is 4.74 Å². The van der Waals surface area contributed by atoms with Crippen molar-refractivity contribution in [2.75, 3.05) is 6.61 Å². The van der Waals surface area contributed by atoms with Crippen molar-refractivity contribution in [1.29, 1.82) is 0 Å². The molecule has 2 nitrogen and oxygen atoms in total. The van der Waals surface area contributed by atoms with Gasteiger partial charge in [0.25, 0.3) is 0 Å². The van der Waals surface area contributed by atoms with E-state index in [0.717, 1.165) is 25.2 Å². The van der Waals surface area contributed by atoms with Crippen molar-refractivity contribution in [2.24, 2.45) is 5.73 Å². The van der Waals surface area contributed by atoms with Gasteiger partial charge >= 0.3 is 0 Å². The van der Waals surface area contributed by atoms with Gasteiger partial charge in [-0.05, 0) is 25.8 Å². The van der Waals surface area contributed by atoms with Crippen molar-refractivity contribution in [2.45, 2.75) is 25.8 Å². The molecule has 0 saturated heterocycles. The summed E-state index contributed by atoms with van der Waals surface area (Å²) in [6.45, 7) is 2.78. The number of allylic oxidation sites excluding steroid dienone is 1. The van der Waals surface area contributed by atoms with Gasteiger partial charge in [-0.1, -0.05) is 0 Å². The minimum atomic E-state index is 0.0744. The second-order valence-electron chi connectivity index (χ2n) is 2.39. The monoisotopic (exact) mass is 127 g/mol. The average molecular weight is 127 g/mol. The van der Waals surface area contributed by atoms with E-state index in [1.807, 2.05) is 6.92 Å². The van der Waals surface area contributed by atoms with E-state index in [1.54, 1.807) is 0 Å². The van der Waals surface area contributed by atoms with Crippen LogP contribution < -0.4 is 5.73 Å². The van der Waals surface area contributed by atoms with Crippen molar-refractivity contribution in [1.82, 2.24) is 0 Å². The van der Waals surface area contributed by atoms with E-state index in [-0.39, 0.29) is 6.04 Å². The molecule has 1 atom stereocenters. The Hall–Kier alpha value is -0.500. The van der Waals surface area contributed by atoms with Crippen LogP contribution in [0, 0.1) is 0 Å². The molecule has 0 aliphatic carbocycles. The number of hydrogen-bond acceptors (Lipinski definition) is 2. The third-order valence-corrected chi connectivity index (χ3v) is 1.41. The molecule has 2 heteroatoms. The molecule has 1 heterocycles. The second-order valence-corrected chi connectivity index (χ2v) is 2.39. The summed E-state index contributed by atoms with van der Waals surface area (Å²) < 4.78 is 5.28. The normalized spacial score (nSPS) is 22.2. The Balaban J connectivity index is 2.46. The van der Waals surface area contributed by atoms with Gasteiger partial charge in [-0.25, -0.2) is 0 Å². The van der Waals surface area contributed by atoms with Gasteiger partial charge in [0.15, 0.2) is 0 Å². The summed E-state index contributed by atoms with van der Waals surface area (Å²) in [6, 6.07) is 0.0744. The average Bonchev–Trinajstić information content (AvgIpc) is 1.90. The molecule has 0 fully saturated rings. The minimum absolute atomic E-state index is 0.0744. The molecule has 1 rings (SSSR count). The van der Waals surface area contributed by atoms with Crippen molar-refractivity contribution >= 4 is 0 Å². The summed E-state index contributed by atoms with van der Waals surface area (Å²) in [6.07, 6.45) is 4.33. The summed E-state index contributed by atoms with van der Waals surface area (Å²) in [7, 11) is 0. The highest BCUT2D eigenvalue weighted by Gasteiger charge is 2.07. The van der Waals surface area contributed by atoms with Crippen molar-refractivity contribution in [3.05, 3.63) is 11.8 Å². The lowest BCUT2D eigenvalue weighted by Gasteiger charge is -2.17. The van der Waals surface area contributed by atoms with Crippen LogP contribution in [0.15, 0.2) is 11.8 Å². The first-order chi connectivity index (χ1) is 4.30. The van der Waals surface area contributed by atoms with Crippen LogP contribution in [0.5, 0.6) is 0 Å². The maximum absolute atomic E-state index is 5.57. The predicted octanol–water partition coefficient (Wildman–Crippen LogP) is 1.03. The van der Waals surface area contributed by atoms with E-state index < -0.39 is 0 Å².